The van der Waals surface area contributed by atoms with E-state index in [1.165, 1.54) is 48.8 Å². The topological polar surface area (TPSA) is 42.7 Å². The van der Waals surface area contributed by atoms with Crippen LogP contribution >= 0.6 is 0 Å². The van der Waals surface area contributed by atoms with Gasteiger partial charge in [-0.1, -0.05) is 12.1 Å². The molecule has 3 aliphatic rings. The van der Waals surface area contributed by atoms with Gasteiger partial charge in [0.2, 0.25) is 0 Å². The molecule has 0 spiro atoms. The van der Waals surface area contributed by atoms with Crippen molar-refractivity contribution in [2.45, 2.75) is 44.7 Å². The second-order valence-corrected chi connectivity index (χ2v) is 6.64. The Morgan fingerprint density at radius 2 is 2.00 bits per heavy atom. The Bertz CT molecular complexity index is 699. The van der Waals surface area contributed by atoms with Gasteiger partial charge in [-0.3, -0.25) is 0 Å². The Kier molecular flexibility index (Phi) is 2.50. The fraction of sp³-hybridized carbons (Fsp3) is 0.529. The van der Waals surface area contributed by atoms with Crippen molar-refractivity contribution in [1.82, 2.24) is 20.1 Å². The normalized spacial score (nSPS) is 23.9. The van der Waals surface area contributed by atoms with Gasteiger partial charge in [0.1, 0.15) is 0 Å². The first-order valence-corrected chi connectivity index (χ1v) is 8.19. The molecule has 0 saturated heterocycles. The second kappa shape index (κ2) is 4.41. The highest BCUT2D eigenvalue weighted by Crippen LogP contribution is 2.42. The Labute approximate surface area is 124 Å². The van der Waals surface area contributed by atoms with Gasteiger partial charge in [0, 0.05) is 18.7 Å². The van der Waals surface area contributed by atoms with Crippen LogP contribution in [0.15, 0.2) is 18.2 Å². The van der Waals surface area contributed by atoms with Gasteiger partial charge in [-0.2, -0.15) is 0 Å². The molecule has 1 aromatic heterocycles. The molecular formula is C17H20N4. The van der Waals surface area contributed by atoms with E-state index < -0.39 is 0 Å². The third kappa shape index (κ3) is 1.85. The summed E-state index contributed by atoms with van der Waals surface area (Å²) in [5.41, 5.74) is 4.28. The number of rotatable bonds is 2. The fourth-order valence-electron chi connectivity index (χ4n) is 3.92. The Morgan fingerprint density at radius 1 is 1.10 bits per heavy atom. The summed E-state index contributed by atoms with van der Waals surface area (Å²) in [4.78, 5) is 0. The number of nitrogens with one attached hydrogen (secondary N) is 1. The van der Waals surface area contributed by atoms with Gasteiger partial charge in [0.05, 0.1) is 6.04 Å². The fourth-order valence-corrected chi connectivity index (χ4v) is 3.92. The van der Waals surface area contributed by atoms with Crippen LogP contribution in [0.1, 0.15) is 42.3 Å². The van der Waals surface area contributed by atoms with Crippen LogP contribution in [0, 0.1) is 5.92 Å². The van der Waals surface area contributed by atoms with E-state index >= 15 is 0 Å². The molecule has 1 atom stereocenters. The van der Waals surface area contributed by atoms with Crippen molar-refractivity contribution in [3.8, 4) is 11.4 Å². The number of fused-ring (bicyclic) bond motifs is 2. The van der Waals surface area contributed by atoms with E-state index in [4.69, 9.17) is 0 Å². The first-order chi connectivity index (χ1) is 10.4. The van der Waals surface area contributed by atoms with Crippen LogP contribution in [0.25, 0.3) is 11.4 Å². The molecule has 2 aliphatic carbocycles. The zero-order chi connectivity index (χ0) is 13.8. The molecule has 1 saturated carbocycles. The van der Waals surface area contributed by atoms with Crippen LogP contribution in [-0.2, 0) is 19.4 Å². The predicted molar refractivity (Wildman–Crippen MR) is 81.0 cm³/mol. The summed E-state index contributed by atoms with van der Waals surface area (Å²) in [6, 6.07) is 7.29. The Balaban J connectivity index is 1.58. The quantitative estimate of drug-likeness (QED) is 0.919. The largest absolute Gasteiger partial charge is 0.308 e. The molecular weight excluding hydrogens is 260 g/mol. The third-order valence-corrected chi connectivity index (χ3v) is 5.21. The lowest BCUT2D eigenvalue weighted by molar-refractivity contribution is 0.383. The number of hydrogen-bond acceptors (Lipinski definition) is 3. The van der Waals surface area contributed by atoms with E-state index in [1.807, 2.05) is 0 Å². The molecule has 0 bridgehead atoms. The molecule has 2 heterocycles. The number of hydrogen-bond donors (Lipinski definition) is 1. The molecule has 1 aromatic carbocycles. The highest BCUT2D eigenvalue weighted by Gasteiger charge is 2.37. The van der Waals surface area contributed by atoms with Gasteiger partial charge in [0.15, 0.2) is 11.6 Å². The van der Waals surface area contributed by atoms with E-state index in [1.54, 1.807) is 0 Å². The smallest absolute Gasteiger partial charge is 0.164 e. The zero-order valence-corrected chi connectivity index (χ0v) is 12.2. The van der Waals surface area contributed by atoms with E-state index in [0.29, 0.717) is 6.04 Å². The second-order valence-electron chi connectivity index (χ2n) is 6.64. The summed E-state index contributed by atoms with van der Waals surface area (Å²) >= 11 is 0. The average Bonchev–Trinajstić information content (AvgIpc) is 3.10. The minimum absolute atomic E-state index is 0.425. The molecule has 21 heavy (non-hydrogen) atoms. The minimum atomic E-state index is 0.425. The Morgan fingerprint density at radius 3 is 2.90 bits per heavy atom. The van der Waals surface area contributed by atoms with Crippen molar-refractivity contribution in [3.63, 3.8) is 0 Å². The number of nitrogens with zero attached hydrogens (tertiary/aromatic N) is 3. The van der Waals surface area contributed by atoms with Crippen LogP contribution in [-0.4, -0.2) is 21.3 Å². The summed E-state index contributed by atoms with van der Waals surface area (Å²) < 4.78 is 2.34. The molecule has 108 valence electrons. The maximum absolute atomic E-state index is 4.53. The molecule has 1 N–H and O–H groups in total. The molecule has 1 fully saturated rings. The number of benzene rings is 1. The monoisotopic (exact) mass is 280 g/mol. The predicted octanol–water partition coefficient (Wildman–Crippen LogP) is 2.49. The minimum Gasteiger partial charge on any atom is -0.308 e. The molecule has 0 amide bonds. The van der Waals surface area contributed by atoms with Crippen LogP contribution < -0.4 is 5.32 Å². The first kappa shape index (κ1) is 11.9. The van der Waals surface area contributed by atoms with Gasteiger partial charge < -0.3 is 9.88 Å². The maximum Gasteiger partial charge on any atom is 0.164 e. The van der Waals surface area contributed by atoms with Crippen LogP contribution in [0.5, 0.6) is 0 Å². The van der Waals surface area contributed by atoms with E-state index in [-0.39, 0.29) is 0 Å². The van der Waals surface area contributed by atoms with Gasteiger partial charge >= 0.3 is 0 Å². The Hall–Kier alpha value is -1.68. The van der Waals surface area contributed by atoms with E-state index in [2.05, 4.69) is 38.3 Å². The third-order valence-electron chi connectivity index (χ3n) is 5.21. The van der Waals surface area contributed by atoms with E-state index in [9.17, 15) is 0 Å². The summed E-state index contributed by atoms with van der Waals surface area (Å²) in [6.07, 6.45) is 6.42. The molecule has 1 unspecified atom stereocenters. The van der Waals surface area contributed by atoms with Gasteiger partial charge in [0.25, 0.3) is 0 Å². The maximum atomic E-state index is 4.53. The highest BCUT2D eigenvalue weighted by atomic mass is 15.3. The van der Waals surface area contributed by atoms with Gasteiger partial charge in [-0.05, 0) is 55.2 Å². The lowest BCUT2D eigenvalue weighted by Crippen LogP contribution is -2.35. The summed E-state index contributed by atoms with van der Waals surface area (Å²) in [7, 11) is 0. The number of aromatic nitrogens is 3. The highest BCUT2D eigenvalue weighted by molar-refractivity contribution is 5.59. The molecule has 2 aromatic rings. The van der Waals surface area contributed by atoms with Crippen LogP contribution in [0.3, 0.4) is 0 Å². The SMILES string of the molecule is c1cc2c(cc1-c1nnc3n1CCNC3C1CC1)CCC2. The molecule has 4 heteroatoms. The standard InChI is InChI=1S/C17H20N4/c1-2-11-4-7-14(10-13(11)3-1)16-19-20-17-15(12-5-6-12)18-8-9-21(16)17/h4,7,10,12,15,18H,1-3,5-6,8-9H2. The lowest BCUT2D eigenvalue weighted by Gasteiger charge is -2.25. The summed E-state index contributed by atoms with van der Waals surface area (Å²) in [6.45, 7) is 2.02. The molecule has 1 aliphatic heterocycles. The molecule has 0 radical (unpaired) electrons. The average molecular weight is 280 g/mol. The summed E-state index contributed by atoms with van der Waals surface area (Å²) in [5, 5.41) is 12.7. The van der Waals surface area contributed by atoms with Crippen LogP contribution in [0.4, 0.5) is 0 Å². The zero-order valence-electron chi connectivity index (χ0n) is 12.2. The lowest BCUT2D eigenvalue weighted by atomic mass is 10.1. The van der Waals surface area contributed by atoms with Crippen molar-refractivity contribution in [2.75, 3.05) is 6.54 Å². The van der Waals surface area contributed by atoms with Gasteiger partial charge in [-0.25, -0.2) is 0 Å². The van der Waals surface area contributed by atoms with E-state index in [0.717, 1.165) is 30.7 Å². The van der Waals surface area contributed by atoms with Crippen molar-refractivity contribution in [1.29, 1.82) is 0 Å². The number of aryl methyl sites for hydroxylation is 2. The van der Waals surface area contributed by atoms with Crippen molar-refractivity contribution in [2.24, 2.45) is 5.92 Å². The molecule has 4 nitrogen and oxygen atoms in total. The van der Waals surface area contributed by atoms with Gasteiger partial charge in [-0.15, -0.1) is 10.2 Å². The first-order valence-electron chi connectivity index (χ1n) is 8.19. The van der Waals surface area contributed by atoms with Crippen molar-refractivity contribution in [3.05, 3.63) is 35.2 Å². The molecule has 5 rings (SSSR count). The summed E-state index contributed by atoms with van der Waals surface area (Å²) in [5.74, 6) is 2.99. The van der Waals surface area contributed by atoms with Crippen molar-refractivity contribution < 1.29 is 0 Å². The van der Waals surface area contributed by atoms with Crippen molar-refractivity contribution >= 4 is 0 Å². The van der Waals surface area contributed by atoms with Crippen LogP contribution in [0.2, 0.25) is 0 Å².